The highest BCUT2D eigenvalue weighted by Gasteiger charge is 2.42. The molecule has 2 aliphatic heterocycles. The number of ether oxygens (including phenoxy) is 6. The van der Waals surface area contributed by atoms with Crippen molar-refractivity contribution in [2.24, 2.45) is 0 Å². The van der Waals surface area contributed by atoms with Crippen LogP contribution in [-0.4, -0.2) is 125 Å². The summed E-state index contributed by atoms with van der Waals surface area (Å²) in [5.41, 5.74) is -0.221. The van der Waals surface area contributed by atoms with E-state index in [1.165, 1.54) is 26.2 Å². The van der Waals surface area contributed by atoms with Crippen molar-refractivity contribution in [3.8, 4) is 23.8 Å². The van der Waals surface area contributed by atoms with E-state index in [0.717, 1.165) is 25.0 Å². The van der Waals surface area contributed by atoms with Crippen LogP contribution >= 0.6 is 11.8 Å². The molecule has 300 valence electrons. The van der Waals surface area contributed by atoms with Gasteiger partial charge in [-0.1, -0.05) is 12.3 Å². The Hall–Kier alpha value is -4.51. The number of benzene rings is 1. The number of fused-ring (bicyclic) bond motifs is 1. The molecule has 0 aromatic heterocycles. The average molecular weight is 781 g/mol. The first-order valence-corrected chi connectivity index (χ1v) is 19.0. The SMILES string of the molecule is C#CCNC(=O)OC(C)c1cc(OC)c(OCCCC(=O)NCCOCCOCCOCCNC(=O)CCCCC2SCC3NC(=O)NC32)cc1[N+](=O)[O-]. The third-order valence-electron chi connectivity index (χ3n) is 8.33. The normalized spacial score (nSPS) is 17.6. The largest absolute Gasteiger partial charge is 0.493 e. The van der Waals surface area contributed by atoms with Crippen LogP contribution in [0.5, 0.6) is 11.5 Å². The van der Waals surface area contributed by atoms with Gasteiger partial charge in [0.1, 0.15) is 6.10 Å². The summed E-state index contributed by atoms with van der Waals surface area (Å²) in [4.78, 5) is 58.7. The predicted molar refractivity (Wildman–Crippen MR) is 199 cm³/mol. The highest BCUT2D eigenvalue weighted by molar-refractivity contribution is 8.00. The molecule has 2 saturated heterocycles. The lowest BCUT2D eigenvalue weighted by atomic mass is 10.0. The molecule has 2 aliphatic rings. The number of rotatable bonds is 27. The van der Waals surface area contributed by atoms with E-state index >= 15 is 0 Å². The predicted octanol–water partition coefficient (Wildman–Crippen LogP) is 2.19. The number of hydrogen-bond donors (Lipinski definition) is 5. The van der Waals surface area contributed by atoms with Gasteiger partial charge in [-0.05, 0) is 32.3 Å². The van der Waals surface area contributed by atoms with Crippen LogP contribution in [0.1, 0.15) is 57.1 Å². The number of carbonyl (C=O) groups is 4. The maximum Gasteiger partial charge on any atom is 0.408 e. The smallest absolute Gasteiger partial charge is 0.408 e. The number of nitro groups is 1. The number of nitro benzene ring substituents is 1. The number of amides is 5. The van der Waals surface area contributed by atoms with Gasteiger partial charge in [0, 0.05) is 36.9 Å². The molecule has 18 nitrogen and oxygen atoms in total. The molecular formula is C35H52N6O12S. The van der Waals surface area contributed by atoms with E-state index in [1.54, 1.807) is 0 Å². The van der Waals surface area contributed by atoms with E-state index in [4.69, 9.17) is 34.8 Å². The van der Waals surface area contributed by atoms with Crippen LogP contribution in [0.15, 0.2) is 12.1 Å². The van der Waals surface area contributed by atoms with Gasteiger partial charge in [-0.15, -0.1) is 6.42 Å². The van der Waals surface area contributed by atoms with Gasteiger partial charge < -0.3 is 55.0 Å². The molecule has 5 N–H and O–H groups in total. The molecule has 2 heterocycles. The van der Waals surface area contributed by atoms with E-state index < -0.39 is 17.1 Å². The lowest BCUT2D eigenvalue weighted by molar-refractivity contribution is -0.386. The maximum atomic E-state index is 12.2. The molecule has 2 fully saturated rings. The molecule has 54 heavy (non-hydrogen) atoms. The number of alkyl carbamates (subject to hydrolysis) is 1. The highest BCUT2D eigenvalue weighted by Crippen LogP contribution is 2.38. The van der Waals surface area contributed by atoms with Crippen LogP contribution in [-0.2, 0) is 28.5 Å². The van der Waals surface area contributed by atoms with Crippen molar-refractivity contribution in [3.63, 3.8) is 0 Å². The molecule has 5 amide bonds. The van der Waals surface area contributed by atoms with Gasteiger partial charge in [-0.3, -0.25) is 19.7 Å². The van der Waals surface area contributed by atoms with Crippen LogP contribution in [0.2, 0.25) is 0 Å². The second-order valence-corrected chi connectivity index (χ2v) is 13.6. The summed E-state index contributed by atoms with van der Waals surface area (Å²) in [6.45, 7) is 4.45. The third-order valence-corrected chi connectivity index (χ3v) is 9.84. The molecule has 19 heteroatoms. The van der Waals surface area contributed by atoms with Gasteiger partial charge in [0.25, 0.3) is 5.69 Å². The zero-order valence-corrected chi connectivity index (χ0v) is 31.6. The minimum absolute atomic E-state index is 0.00365. The molecular weight excluding hydrogens is 728 g/mol. The number of thioether (sulfide) groups is 1. The quantitative estimate of drug-likeness (QED) is 0.0284. The van der Waals surface area contributed by atoms with Crippen LogP contribution in [0.25, 0.3) is 0 Å². The Kier molecular flexibility index (Phi) is 20.1. The Morgan fingerprint density at radius 2 is 1.59 bits per heavy atom. The van der Waals surface area contributed by atoms with Gasteiger partial charge >= 0.3 is 12.1 Å². The third kappa shape index (κ3) is 15.8. The molecule has 1 aromatic rings. The minimum atomic E-state index is -0.982. The number of terminal acetylenes is 1. The monoisotopic (exact) mass is 780 g/mol. The van der Waals surface area contributed by atoms with E-state index in [-0.39, 0.29) is 72.3 Å². The first-order chi connectivity index (χ1) is 26.1. The van der Waals surface area contributed by atoms with Crippen molar-refractivity contribution in [3.05, 3.63) is 27.8 Å². The van der Waals surface area contributed by atoms with Crippen molar-refractivity contribution < 1.29 is 52.5 Å². The Morgan fingerprint density at radius 3 is 2.22 bits per heavy atom. The fourth-order valence-electron chi connectivity index (χ4n) is 5.64. The minimum Gasteiger partial charge on any atom is -0.493 e. The second-order valence-electron chi connectivity index (χ2n) is 12.3. The van der Waals surface area contributed by atoms with Crippen molar-refractivity contribution >= 4 is 41.4 Å². The summed E-state index contributed by atoms with van der Waals surface area (Å²) in [7, 11) is 1.37. The van der Waals surface area contributed by atoms with Crippen LogP contribution < -0.4 is 36.1 Å². The van der Waals surface area contributed by atoms with Gasteiger partial charge in [-0.2, -0.15) is 11.8 Å². The summed E-state index contributed by atoms with van der Waals surface area (Å²) < 4.78 is 32.6. The average Bonchev–Trinajstić information content (AvgIpc) is 3.71. The Balaban J connectivity index is 1.13. The number of methoxy groups -OCH3 is 1. The standard InChI is InChI=1S/C35H52N6O12S/c1-4-11-38-35(45)53-24(2)25-21-28(48-3)29(22-27(25)41(46)47)52-14-7-10-32(43)37-13-16-50-18-20-51-19-17-49-15-12-36-31(42)9-6-5-8-30-33-26(23-54-30)39-34(44)40-33/h1,21-22,24,26,30,33H,5-20,23H2,2-3H3,(H,36,42)(H,37,43)(H,38,45)(H2,39,40,44). The lowest BCUT2D eigenvalue weighted by Gasteiger charge is -2.17. The Bertz CT molecular complexity index is 1430. The summed E-state index contributed by atoms with van der Waals surface area (Å²) >= 11 is 1.88. The summed E-state index contributed by atoms with van der Waals surface area (Å²) in [5, 5.41) is 26.0. The lowest BCUT2D eigenvalue weighted by Crippen LogP contribution is -2.36. The second kappa shape index (κ2) is 24.7. The Labute approximate surface area is 319 Å². The molecule has 3 rings (SSSR count). The number of urea groups is 1. The number of hydrogen-bond acceptors (Lipinski definition) is 13. The molecule has 1 aromatic carbocycles. The molecule has 0 aliphatic carbocycles. The van der Waals surface area contributed by atoms with Gasteiger partial charge in [0.2, 0.25) is 11.8 Å². The number of unbranched alkanes of at least 4 members (excludes halogenated alkanes) is 1. The number of nitrogens with zero attached hydrogens (tertiary/aromatic N) is 1. The van der Waals surface area contributed by atoms with E-state index in [2.05, 4.69) is 32.5 Å². The van der Waals surface area contributed by atoms with Crippen molar-refractivity contribution in [1.82, 2.24) is 26.6 Å². The van der Waals surface area contributed by atoms with Gasteiger partial charge in [0.15, 0.2) is 11.5 Å². The topological polar surface area (TPSA) is 227 Å². The van der Waals surface area contributed by atoms with E-state index in [1.807, 2.05) is 11.8 Å². The molecule has 0 spiro atoms. The summed E-state index contributed by atoms with van der Waals surface area (Å²) in [5.74, 6) is 3.28. The summed E-state index contributed by atoms with van der Waals surface area (Å²) in [6, 6.07) is 2.90. The molecule has 0 radical (unpaired) electrons. The maximum absolute atomic E-state index is 12.2. The molecule has 4 unspecified atom stereocenters. The first-order valence-electron chi connectivity index (χ1n) is 17.9. The van der Waals surface area contributed by atoms with Crippen molar-refractivity contribution in [2.45, 2.75) is 68.9 Å². The van der Waals surface area contributed by atoms with E-state index in [0.29, 0.717) is 70.8 Å². The summed E-state index contributed by atoms with van der Waals surface area (Å²) in [6.07, 6.45) is 7.01. The van der Waals surface area contributed by atoms with Crippen LogP contribution in [0, 0.1) is 22.5 Å². The van der Waals surface area contributed by atoms with Crippen molar-refractivity contribution in [1.29, 1.82) is 0 Å². The van der Waals surface area contributed by atoms with E-state index in [9.17, 15) is 29.3 Å². The molecule has 0 saturated carbocycles. The van der Waals surface area contributed by atoms with Crippen LogP contribution in [0.4, 0.5) is 15.3 Å². The number of nitrogens with one attached hydrogen (secondary N) is 5. The molecule has 4 atom stereocenters. The Morgan fingerprint density at radius 1 is 0.944 bits per heavy atom. The van der Waals surface area contributed by atoms with Gasteiger partial charge in [0.05, 0.1) is 88.5 Å². The first kappa shape index (κ1) is 43.9. The fraction of sp³-hybridized carbons (Fsp3) is 0.657. The van der Waals surface area contributed by atoms with Gasteiger partial charge in [-0.25, -0.2) is 9.59 Å². The van der Waals surface area contributed by atoms with Crippen molar-refractivity contribution in [2.75, 3.05) is 78.7 Å². The number of carbonyl (C=O) groups excluding carboxylic acids is 4. The zero-order valence-electron chi connectivity index (χ0n) is 30.8. The van der Waals surface area contributed by atoms with Crippen LogP contribution in [0.3, 0.4) is 0 Å². The highest BCUT2D eigenvalue weighted by atomic mass is 32.2. The molecule has 0 bridgehead atoms. The fourth-order valence-corrected chi connectivity index (χ4v) is 7.19. The zero-order chi connectivity index (χ0) is 39.1.